The van der Waals surface area contributed by atoms with Gasteiger partial charge >= 0.3 is 0 Å². The van der Waals surface area contributed by atoms with E-state index in [0.29, 0.717) is 0 Å². The van der Waals surface area contributed by atoms with Gasteiger partial charge < -0.3 is 4.52 Å². The average molecular weight is 165 g/mol. The summed E-state index contributed by atoms with van der Waals surface area (Å²) in [6.07, 6.45) is 2.48. The Hall–Kier alpha value is -1.09. The van der Waals surface area contributed by atoms with Crippen LogP contribution >= 0.6 is 11.3 Å². The van der Waals surface area contributed by atoms with Crippen molar-refractivity contribution in [2.24, 2.45) is 0 Å². The molecule has 0 unspecified atom stereocenters. The molecule has 2 nitrogen and oxygen atoms in total. The van der Waals surface area contributed by atoms with Crippen molar-refractivity contribution in [2.45, 2.75) is 6.42 Å². The van der Waals surface area contributed by atoms with Crippen LogP contribution in [0.1, 0.15) is 10.6 Å². The lowest BCUT2D eigenvalue weighted by atomic mass is 10.3. The van der Waals surface area contributed by atoms with E-state index in [4.69, 9.17) is 4.52 Å². The molecule has 0 atom stereocenters. The van der Waals surface area contributed by atoms with Gasteiger partial charge in [0, 0.05) is 17.4 Å². The third kappa shape index (κ3) is 1.49. The maximum atomic E-state index is 4.72. The molecule has 0 aliphatic rings. The second-order valence-corrected chi connectivity index (χ2v) is 3.28. The van der Waals surface area contributed by atoms with E-state index in [1.165, 1.54) is 4.88 Å². The first kappa shape index (κ1) is 6.61. The topological polar surface area (TPSA) is 26.0 Å². The number of rotatable bonds is 2. The van der Waals surface area contributed by atoms with Crippen LogP contribution in [-0.4, -0.2) is 5.16 Å². The largest absolute Gasteiger partial charge is 0.364 e. The summed E-state index contributed by atoms with van der Waals surface area (Å²) < 4.78 is 4.72. The third-order valence-corrected chi connectivity index (χ3v) is 2.30. The summed E-state index contributed by atoms with van der Waals surface area (Å²) in [6.45, 7) is 0. The molecule has 0 fully saturated rings. The molecule has 2 aromatic heterocycles. The molecule has 2 aromatic rings. The van der Waals surface area contributed by atoms with Crippen molar-refractivity contribution in [3.63, 3.8) is 0 Å². The molecule has 0 saturated heterocycles. The number of aromatic nitrogens is 1. The van der Waals surface area contributed by atoms with Crippen LogP contribution < -0.4 is 0 Å². The lowest BCUT2D eigenvalue weighted by molar-refractivity contribution is 0.413. The van der Waals surface area contributed by atoms with E-state index in [0.717, 1.165) is 12.1 Å². The van der Waals surface area contributed by atoms with E-state index >= 15 is 0 Å². The van der Waals surface area contributed by atoms with Crippen LogP contribution in [0.15, 0.2) is 34.4 Å². The molecule has 0 radical (unpaired) electrons. The van der Waals surface area contributed by atoms with E-state index in [-0.39, 0.29) is 0 Å². The molecular weight excluding hydrogens is 158 g/mol. The molecule has 0 N–H and O–H groups in total. The summed E-state index contributed by atoms with van der Waals surface area (Å²) in [4.78, 5) is 1.32. The van der Waals surface area contributed by atoms with Crippen molar-refractivity contribution < 1.29 is 4.52 Å². The van der Waals surface area contributed by atoms with Gasteiger partial charge in [0.25, 0.3) is 0 Å². The van der Waals surface area contributed by atoms with E-state index < -0.39 is 0 Å². The minimum absolute atomic E-state index is 0.883. The molecule has 11 heavy (non-hydrogen) atoms. The van der Waals surface area contributed by atoms with Crippen LogP contribution in [0.25, 0.3) is 0 Å². The van der Waals surface area contributed by atoms with Crippen molar-refractivity contribution in [2.75, 3.05) is 0 Å². The number of hydrogen-bond acceptors (Lipinski definition) is 3. The van der Waals surface area contributed by atoms with Crippen LogP contribution in [0.3, 0.4) is 0 Å². The Morgan fingerprint density at radius 2 is 2.45 bits per heavy atom. The lowest BCUT2D eigenvalue weighted by Gasteiger charge is -1.87. The van der Waals surface area contributed by atoms with Gasteiger partial charge in [0.2, 0.25) is 0 Å². The number of hydrogen-bond donors (Lipinski definition) is 0. The Labute approximate surface area is 68.5 Å². The maximum absolute atomic E-state index is 4.72. The molecule has 0 aliphatic heterocycles. The van der Waals surface area contributed by atoms with Crippen LogP contribution in [0, 0.1) is 0 Å². The Balaban J connectivity index is 2.14. The molecule has 0 aromatic carbocycles. The maximum Gasteiger partial charge on any atom is 0.124 e. The quantitative estimate of drug-likeness (QED) is 0.682. The molecule has 3 heteroatoms. The van der Waals surface area contributed by atoms with Gasteiger partial charge in [-0.2, -0.15) is 0 Å². The molecule has 2 rings (SSSR count). The summed E-state index contributed by atoms with van der Waals surface area (Å²) in [6, 6.07) is 6.03. The first-order valence-electron chi connectivity index (χ1n) is 3.37. The SMILES string of the molecule is c1csc(Cc2ccon2)c1. The van der Waals surface area contributed by atoms with E-state index in [2.05, 4.69) is 16.6 Å². The summed E-state index contributed by atoms with van der Waals surface area (Å²) in [7, 11) is 0. The van der Waals surface area contributed by atoms with Gasteiger partial charge in [-0.3, -0.25) is 0 Å². The van der Waals surface area contributed by atoms with Gasteiger partial charge in [0.1, 0.15) is 6.26 Å². The fourth-order valence-corrected chi connectivity index (χ4v) is 1.64. The second kappa shape index (κ2) is 2.88. The van der Waals surface area contributed by atoms with Crippen LogP contribution in [-0.2, 0) is 6.42 Å². The highest BCUT2D eigenvalue weighted by Gasteiger charge is 1.98. The molecule has 0 spiro atoms. The van der Waals surface area contributed by atoms with Crippen molar-refractivity contribution in [1.29, 1.82) is 0 Å². The highest BCUT2D eigenvalue weighted by molar-refractivity contribution is 7.09. The van der Waals surface area contributed by atoms with Crippen LogP contribution in [0.2, 0.25) is 0 Å². The molecule has 2 heterocycles. The molecule has 0 aliphatic carbocycles. The van der Waals surface area contributed by atoms with Crippen molar-refractivity contribution in [1.82, 2.24) is 5.16 Å². The third-order valence-electron chi connectivity index (χ3n) is 1.43. The summed E-state index contributed by atoms with van der Waals surface area (Å²) >= 11 is 1.74. The van der Waals surface area contributed by atoms with Gasteiger partial charge in [-0.1, -0.05) is 11.2 Å². The van der Waals surface area contributed by atoms with Crippen molar-refractivity contribution >= 4 is 11.3 Å². The van der Waals surface area contributed by atoms with Gasteiger partial charge in [-0.15, -0.1) is 11.3 Å². The standard InChI is InChI=1S/C8H7NOS/c1-2-8(11-5-1)6-7-3-4-10-9-7/h1-5H,6H2. The van der Waals surface area contributed by atoms with Crippen molar-refractivity contribution in [3.8, 4) is 0 Å². The minimum Gasteiger partial charge on any atom is -0.364 e. The Morgan fingerprint density at radius 1 is 1.45 bits per heavy atom. The Bertz CT molecular complexity index is 266. The van der Waals surface area contributed by atoms with Crippen LogP contribution in [0.4, 0.5) is 0 Å². The molecule has 0 saturated carbocycles. The van der Waals surface area contributed by atoms with E-state index in [1.807, 2.05) is 12.1 Å². The fraction of sp³-hybridized carbons (Fsp3) is 0.125. The predicted octanol–water partition coefficient (Wildman–Crippen LogP) is 2.33. The molecule has 0 amide bonds. The summed E-state index contributed by atoms with van der Waals surface area (Å²) in [5.41, 5.74) is 0.993. The zero-order valence-corrected chi connectivity index (χ0v) is 6.67. The molecular formula is C8H7NOS. The lowest BCUT2D eigenvalue weighted by Crippen LogP contribution is -1.81. The monoisotopic (exact) mass is 165 g/mol. The Morgan fingerprint density at radius 3 is 3.09 bits per heavy atom. The smallest absolute Gasteiger partial charge is 0.124 e. The van der Waals surface area contributed by atoms with Crippen LogP contribution in [0.5, 0.6) is 0 Å². The normalized spacial score (nSPS) is 10.2. The van der Waals surface area contributed by atoms with Crippen molar-refractivity contribution in [3.05, 3.63) is 40.4 Å². The predicted molar refractivity (Wildman–Crippen MR) is 43.6 cm³/mol. The average Bonchev–Trinajstić information content (AvgIpc) is 2.60. The zero-order valence-electron chi connectivity index (χ0n) is 5.86. The Kier molecular flexibility index (Phi) is 1.73. The van der Waals surface area contributed by atoms with Gasteiger partial charge in [-0.25, -0.2) is 0 Å². The number of nitrogens with zero attached hydrogens (tertiary/aromatic N) is 1. The minimum atomic E-state index is 0.883. The highest BCUT2D eigenvalue weighted by Crippen LogP contribution is 2.12. The summed E-state index contributed by atoms with van der Waals surface area (Å²) in [5.74, 6) is 0. The molecule has 0 bridgehead atoms. The number of thiophene rings is 1. The van der Waals surface area contributed by atoms with E-state index in [9.17, 15) is 0 Å². The van der Waals surface area contributed by atoms with Gasteiger partial charge in [0.05, 0.1) is 5.69 Å². The van der Waals surface area contributed by atoms with E-state index in [1.54, 1.807) is 17.6 Å². The fourth-order valence-electron chi connectivity index (χ4n) is 0.920. The second-order valence-electron chi connectivity index (χ2n) is 2.25. The summed E-state index contributed by atoms with van der Waals surface area (Å²) in [5, 5.41) is 5.89. The zero-order chi connectivity index (χ0) is 7.52. The van der Waals surface area contributed by atoms with Gasteiger partial charge in [-0.05, 0) is 11.4 Å². The first-order chi connectivity index (χ1) is 5.45. The van der Waals surface area contributed by atoms with Gasteiger partial charge in [0.15, 0.2) is 0 Å². The highest BCUT2D eigenvalue weighted by atomic mass is 32.1. The molecule has 56 valence electrons. The first-order valence-corrected chi connectivity index (χ1v) is 4.25.